The van der Waals surface area contributed by atoms with Gasteiger partial charge in [-0.05, 0) is 17.5 Å². The lowest BCUT2D eigenvalue weighted by atomic mass is 10.1. The Morgan fingerprint density at radius 1 is 1.38 bits per heavy atom. The van der Waals surface area contributed by atoms with E-state index in [9.17, 15) is 23.7 Å². The van der Waals surface area contributed by atoms with E-state index in [1.165, 1.54) is 18.4 Å². The van der Waals surface area contributed by atoms with Crippen molar-refractivity contribution < 1.29 is 18.5 Å². The topological polar surface area (TPSA) is 63.5 Å². The van der Waals surface area contributed by atoms with E-state index in [4.69, 9.17) is 0 Å². The molecule has 0 atom stereocenters. The quantitative estimate of drug-likeness (QED) is 0.643. The number of nitrogens with zero attached hydrogens (tertiary/aromatic N) is 2. The Balaban J connectivity index is 2.34. The van der Waals surface area contributed by atoms with Crippen LogP contribution in [-0.2, 0) is 6.54 Å². The third-order valence-electron chi connectivity index (χ3n) is 2.80. The number of rotatable bonds is 4. The second-order valence-electron chi connectivity index (χ2n) is 4.25. The highest BCUT2D eigenvalue weighted by Crippen LogP contribution is 2.24. The van der Waals surface area contributed by atoms with Gasteiger partial charge in [-0.15, -0.1) is 11.3 Å². The number of hydrogen-bond acceptors (Lipinski definition) is 4. The molecule has 0 aliphatic heterocycles. The van der Waals surface area contributed by atoms with Gasteiger partial charge in [0.1, 0.15) is 11.4 Å². The normalized spacial score (nSPS) is 10.4. The van der Waals surface area contributed by atoms with E-state index in [0.29, 0.717) is 12.1 Å². The van der Waals surface area contributed by atoms with Crippen LogP contribution < -0.4 is 0 Å². The van der Waals surface area contributed by atoms with E-state index in [1.54, 1.807) is 12.1 Å². The molecule has 0 N–H and O–H groups in total. The van der Waals surface area contributed by atoms with Crippen LogP contribution in [0.15, 0.2) is 29.6 Å². The molecule has 0 bridgehead atoms. The van der Waals surface area contributed by atoms with Gasteiger partial charge < -0.3 is 4.90 Å². The second kappa shape index (κ2) is 5.96. The SMILES string of the molecule is CN(Cc1cccs1)C(=O)c1c(F)ccc([N+](=O)[O-])c1F. The lowest BCUT2D eigenvalue weighted by Gasteiger charge is -2.17. The number of thiophene rings is 1. The third kappa shape index (κ3) is 3.05. The highest BCUT2D eigenvalue weighted by molar-refractivity contribution is 7.09. The van der Waals surface area contributed by atoms with E-state index in [1.807, 2.05) is 5.38 Å². The maximum Gasteiger partial charge on any atom is 0.305 e. The Bertz CT molecular complexity index is 689. The van der Waals surface area contributed by atoms with Crippen LogP contribution in [0.1, 0.15) is 15.2 Å². The molecule has 0 saturated carbocycles. The molecule has 0 spiro atoms. The highest BCUT2D eigenvalue weighted by atomic mass is 32.1. The summed E-state index contributed by atoms with van der Waals surface area (Å²) in [5.41, 5.74) is -1.84. The molecule has 1 aromatic carbocycles. The molecule has 0 aliphatic carbocycles. The van der Waals surface area contributed by atoms with Gasteiger partial charge in [0.2, 0.25) is 5.82 Å². The van der Waals surface area contributed by atoms with Crippen molar-refractivity contribution in [3.05, 3.63) is 61.8 Å². The van der Waals surface area contributed by atoms with Crippen molar-refractivity contribution in [3.8, 4) is 0 Å². The van der Waals surface area contributed by atoms with Crippen LogP contribution in [0.4, 0.5) is 14.5 Å². The van der Waals surface area contributed by atoms with Gasteiger partial charge in [-0.25, -0.2) is 4.39 Å². The number of benzene rings is 1. The van der Waals surface area contributed by atoms with Crippen molar-refractivity contribution in [1.82, 2.24) is 4.90 Å². The molecule has 110 valence electrons. The molecule has 0 fully saturated rings. The summed E-state index contributed by atoms with van der Waals surface area (Å²) >= 11 is 1.39. The van der Waals surface area contributed by atoms with Crippen molar-refractivity contribution in [3.63, 3.8) is 0 Å². The fourth-order valence-electron chi connectivity index (χ4n) is 1.78. The molecular weight excluding hydrogens is 302 g/mol. The minimum absolute atomic E-state index is 0.165. The summed E-state index contributed by atoms with van der Waals surface area (Å²) < 4.78 is 27.6. The van der Waals surface area contributed by atoms with Gasteiger partial charge in [0, 0.05) is 18.0 Å². The number of hydrogen-bond donors (Lipinski definition) is 0. The first-order chi connectivity index (χ1) is 9.91. The maximum absolute atomic E-state index is 13.9. The van der Waals surface area contributed by atoms with E-state index in [2.05, 4.69) is 0 Å². The van der Waals surface area contributed by atoms with Gasteiger partial charge in [-0.1, -0.05) is 6.07 Å². The molecule has 8 heteroatoms. The number of nitro groups is 1. The number of carbonyl (C=O) groups is 1. The van der Waals surface area contributed by atoms with Crippen LogP contribution in [0.25, 0.3) is 0 Å². The monoisotopic (exact) mass is 312 g/mol. The summed E-state index contributed by atoms with van der Waals surface area (Å²) in [7, 11) is 1.37. The smallest absolute Gasteiger partial charge is 0.305 e. The first-order valence-corrected chi connectivity index (χ1v) is 6.70. The van der Waals surface area contributed by atoms with Crippen LogP contribution in [0, 0.1) is 21.7 Å². The first-order valence-electron chi connectivity index (χ1n) is 5.82. The molecule has 5 nitrogen and oxygen atoms in total. The van der Waals surface area contributed by atoms with Crippen molar-refractivity contribution in [2.75, 3.05) is 7.05 Å². The van der Waals surface area contributed by atoms with Gasteiger partial charge >= 0.3 is 5.69 Å². The average molecular weight is 312 g/mol. The van der Waals surface area contributed by atoms with Gasteiger partial charge in [0.25, 0.3) is 5.91 Å². The molecular formula is C13H10F2N2O3S. The third-order valence-corrected chi connectivity index (χ3v) is 3.66. The van der Waals surface area contributed by atoms with Gasteiger partial charge in [-0.3, -0.25) is 14.9 Å². The standard InChI is InChI=1S/C13H10F2N2O3S/c1-16(7-8-3-2-6-21-8)13(18)11-9(14)4-5-10(12(11)15)17(19)20/h2-6H,7H2,1H3. The summed E-state index contributed by atoms with van der Waals surface area (Å²) in [4.78, 5) is 23.7. The summed E-state index contributed by atoms with van der Waals surface area (Å²) in [5.74, 6) is -3.52. The first kappa shape index (κ1) is 15.0. The molecule has 0 unspecified atom stereocenters. The molecule has 1 amide bonds. The molecule has 0 saturated heterocycles. The molecule has 2 aromatic rings. The molecule has 21 heavy (non-hydrogen) atoms. The van der Waals surface area contributed by atoms with Crippen molar-refractivity contribution in [2.45, 2.75) is 6.54 Å². The Kier molecular flexibility index (Phi) is 4.27. The summed E-state index contributed by atoms with van der Waals surface area (Å²) in [6.45, 7) is 0.165. The van der Waals surface area contributed by atoms with Crippen LogP contribution in [0.3, 0.4) is 0 Å². The zero-order chi connectivity index (χ0) is 15.6. The highest BCUT2D eigenvalue weighted by Gasteiger charge is 2.28. The zero-order valence-corrected chi connectivity index (χ0v) is 11.7. The maximum atomic E-state index is 13.9. The summed E-state index contributed by atoms with van der Waals surface area (Å²) in [5, 5.41) is 12.5. The lowest BCUT2D eigenvalue weighted by Crippen LogP contribution is -2.28. The van der Waals surface area contributed by atoms with E-state index >= 15 is 0 Å². The minimum atomic E-state index is -1.46. The number of amides is 1. The van der Waals surface area contributed by atoms with Crippen LogP contribution in [0.5, 0.6) is 0 Å². The summed E-state index contributed by atoms with van der Waals surface area (Å²) in [6.07, 6.45) is 0. The van der Waals surface area contributed by atoms with Crippen LogP contribution >= 0.6 is 11.3 Å². The van der Waals surface area contributed by atoms with Crippen LogP contribution in [0.2, 0.25) is 0 Å². The molecule has 1 aromatic heterocycles. The Hall–Kier alpha value is -2.35. The van der Waals surface area contributed by atoms with Crippen molar-refractivity contribution in [1.29, 1.82) is 0 Å². The predicted octanol–water partition coefficient (Wildman–Crippen LogP) is 3.21. The fraction of sp³-hybridized carbons (Fsp3) is 0.154. The second-order valence-corrected chi connectivity index (χ2v) is 5.29. The molecule has 2 rings (SSSR count). The van der Waals surface area contributed by atoms with Gasteiger partial charge in [0.15, 0.2) is 0 Å². The van der Waals surface area contributed by atoms with Crippen molar-refractivity contribution in [2.24, 2.45) is 0 Å². The van der Waals surface area contributed by atoms with E-state index < -0.39 is 33.7 Å². The molecule has 0 radical (unpaired) electrons. The number of halogens is 2. The Labute approximate surface area is 122 Å². The lowest BCUT2D eigenvalue weighted by molar-refractivity contribution is -0.387. The zero-order valence-electron chi connectivity index (χ0n) is 10.9. The molecule has 0 aliphatic rings. The Morgan fingerprint density at radius 3 is 2.67 bits per heavy atom. The summed E-state index contributed by atoms with van der Waals surface area (Å²) in [6, 6.07) is 4.97. The number of carbonyl (C=O) groups excluding carboxylic acids is 1. The van der Waals surface area contributed by atoms with Crippen LogP contribution in [-0.4, -0.2) is 22.8 Å². The number of nitro benzene ring substituents is 1. The minimum Gasteiger partial charge on any atom is -0.336 e. The van der Waals surface area contributed by atoms with Crippen molar-refractivity contribution >= 4 is 22.9 Å². The average Bonchev–Trinajstić information content (AvgIpc) is 2.90. The largest absolute Gasteiger partial charge is 0.336 e. The van der Waals surface area contributed by atoms with E-state index in [-0.39, 0.29) is 6.54 Å². The predicted molar refractivity (Wildman–Crippen MR) is 73.1 cm³/mol. The fourth-order valence-corrected chi connectivity index (χ4v) is 2.53. The Morgan fingerprint density at radius 2 is 2.10 bits per heavy atom. The van der Waals surface area contributed by atoms with Gasteiger partial charge in [-0.2, -0.15) is 4.39 Å². The van der Waals surface area contributed by atoms with Gasteiger partial charge in [0.05, 0.1) is 11.5 Å². The molecule has 1 heterocycles. The van der Waals surface area contributed by atoms with E-state index in [0.717, 1.165) is 9.78 Å².